The average molecular weight is 301 g/mol. The minimum absolute atomic E-state index is 0.721. The van der Waals surface area contributed by atoms with Crippen molar-refractivity contribution in [2.75, 3.05) is 0 Å². The van der Waals surface area contributed by atoms with E-state index in [1.54, 1.807) is 11.0 Å². The molecule has 0 spiro atoms. The number of aromatic nitrogens is 5. The van der Waals surface area contributed by atoms with Gasteiger partial charge in [0.2, 0.25) is 0 Å². The summed E-state index contributed by atoms with van der Waals surface area (Å²) in [5, 5.41) is 8.83. The second-order valence-electron chi connectivity index (χ2n) is 5.28. The second kappa shape index (κ2) is 5.53. The number of aryl methyl sites for hydroxylation is 1. The van der Waals surface area contributed by atoms with Gasteiger partial charge in [-0.15, -0.1) is 5.10 Å². The lowest BCUT2D eigenvalue weighted by Gasteiger charge is -1.97. The van der Waals surface area contributed by atoms with Gasteiger partial charge in [0.15, 0.2) is 5.82 Å². The van der Waals surface area contributed by atoms with Crippen molar-refractivity contribution in [1.82, 2.24) is 25.0 Å². The summed E-state index contributed by atoms with van der Waals surface area (Å²) in [6.45, 7) is 2.01. The summed E-state index contributed by atoms with van der Waals surface area (Å²) in [4.78, 5) is 9.59. The molecule has 5 heteroatoms. The largest absolute Gasteiger partial charge is 0.340 e. The van der Waals surface area contributed by atoms with Crippen molar-refractivity contribution in [3.05, 3.63) is 72.6 Å². The van der Waals surface area contributed by atoms with Gasteiger partial charge >= 0.3 is 0 Å². The van der Waals surface area contributed by atoms with Gasteiger partial charge < -0.3 is 4.98 Å². The zero-order valence-electron chi connectivity index (χ0n) is 12.6. The van der Waals surface area contributed by atoms with Gasteiger partial charge in [-0.2, -0.15) is 9.90 Å². The van der Waals surface area contributed by atoms with Gasteiger partial charge in [-0.3, -0.25) is 0 Å². The fraction of sp³-hybridized carbons (Fsp3) is 0.0556. The van der Waals surface area contributed by atoms with Crippen molar-refractivity contribution in [1.29, 1.82) is 0 Å². The molecule has 4 aromatic rings. The topological polar surface area (TPSA) is 59.4 Å². The molecule has 0 aliphatic carbocycles. The number of rotatable bonds is 3. The van der Waals surface area contributed by atoms with Crippen LogP contribution in [0.2, 0.25) is 0 Å². The SMILES string of the molecule is Cc1[nH]c(-c2cnn(-c3ccccc3)n2)nc1-c1ccccc1. The number of aromatic amines is 1. The number of H-pyrrole nitrogens is 1. The predicted molar refractivity (Wildman–Crippen MR) is 89.1 cm³/mol. The Morgan fingerprint density at radius 3 is 2.35 bits per heavy atom. The Balaban J connectivity index is 1.71. The highest BCUT2D eigenvalue weighted by atomic mass is 15.5. The van der Waals surface area contributed by atoms with E-state index in [-0.39, 0.29) is 0 Å². The van der Waals surface area contributed by atoms with Crippen molar-refractivity contribution in [3.63, 3.8) is 0 Å². The van der Waals surface area contributed by atoms with E-state index in [1.807, 2.05) is 67.6 Å². The molecule has 23 heavy (non-hydrogen) atoms. The Hall–Kier alpha value is -3.21. The third-order valence-electron chi connectivity index (χ3n) is 3.65. The predicted octanol–water partition coefficient (Wildman–Crippen LogP) is 3.63. The van der Waals surface area contributed by atoms with Crippen LogP contribution in [0.5, 0.6) is 0 Å². The normalized spacial score (nSPS) is 10.8. The van der Waals surface area contributed by atoms with E-state index in [0.29, 0.717) is 0 Å². The van der Waals surface area contributed by atoms with Crippen LogP contribution in [0.3, 0.4) is 0 Å². The first-order valence-corrected chi connectivity index (χ1v) is 7.41. The molecule has 0 aliphatic heterocycles. The van der Waals surface area contributed by atoms with Crippen LogP contribution in [-0.2, 0) is 0 Å². The highest BCUT2D eigenvalue weighted by Crippen LogP contribution is 2.24. The lowest BCUT2D eigenvalue weighted by molar-refractivity contribution is 0.753. The first-order valence-electron chi connectivity index (χ1n) is 7.41. The summed E-state index contributed by atoms with van der Waals surface area (Å²) in [6.07, 6.45) is 1.72. The molecule has 0 fully saturated rings. The maximum absolute atomic E-state index is 4.69. The molecule has 0 bridgehead atoms. The Bertz CT molecular complexity index is 922. The van der Waals surface area contributed by atoms with Crippen molar-refractivity contribution >= 4 is 0 Å². The van der Waals surface area contributed by atoms with Gasteiger partial charge in [0.25, 0.3) is 0 Å². The van der Waals surface area contributed by atoms with E-state index in [0.717, 1.165) is 34.2 Å². The smallest absolute Gasteiger partial charge is 0.160 e. The molecule has 0 amide bonds. The van der Waals surface area contributed by atoms with Crippen LogP contribution in [0.25, 0.3) is 28.5 Å². The van der Waals surface area contributed by atoms with Crippen LogP contribution in [-0.4, -0.2) is 25.0 Å². The molecular weight excluding hydrogens is 286 g/mol. The molecule has 5 nitrogen and oxygen atoms in total. The summed E-state index contributed by atoms with van der Waals surface area (Å²) < 4.78 is 0. The fourth-order valence-electron chi connectivity index (χ4n) is 2.52. The quantitative estimate of drug-likeness (QED) is 0.628. The van der Waals surface area contributed by atoms with Crippen molar-refractivity contribution in [2.24, 2.45) is 0 Å². The van der Waals surface area contributed by atoms with Crippen LogP contribution in [0.4, 0.5) is 0 Å². The summed E-state index contributed by atoms with van der Waals surface area (Å²) in [6, 6.07) is 19.9. The molecule has 4 rings (SSSR count). The fourth-order valence-corrected chi connectivity index (χ4v) is 2.52. The summed E-state index contributed by atoms with van der Waals surface area (Å²) in [5.41, 5.74) is 4.68. The lowest BCUT2D eigenvalue weighted by atomic mass is 10.1. The van der Waals surface area contributed by atoms with Crippen molar-refractivity contribution in [3.8, 4) is 28.5 Å². The summed E-state index contributed by atoms with van der Waals surface area (Å²) >= 11 is 0. The van der Waals surface area contributed by atoms with Crippen LogP contribution in [0.15, 0.2) is 66.9 Å². The third kappa shape index (κ3) is 2.53. The molecule has 2 aromatic carbocycles. The third-order valence-corrected chi connectivity index (χ3v) is 3.65. The molecule has 0 unspecified atom stereocenters. The van der Waals surface area contributed by atoms with Crippen LogP contribution >= 0.6 is 0 Å². The Morgan fingerprint density at radius 2 is 1.61 bits per heavy atom. The van der Waals surface area contributed by atoms with E-state index >= 15 is 0 Å². The molecule has 0 aliphatic rings. The van der Waals surface area contributed by atoms with Crippen LogP contribution in [0.1, 0.15) is 5.69 Å². The van der Waals surface area contributed by atoms with Crippen molar-refractivity contribution in [2.45, 2.75) is 6.92 Å². The number of imidazole rings is 1. The summed E-state index contributed by atoms with van der Waals surface area (Å²) in [7, 11) is 0. The van der Waals surface area contributed by atoms with Crippen LogP contribution in [0, 0.1) is 6.92 Å². The average Bonchev–Trinajstić information content (AvgIpc) is 3.23. The van der Waals surface area contributed by atoms with Gasteiger partial charge in [0.1, 0.15) is 5.69 Å². The van der Waals surface area contributed by atoms with E-state index in [2.05, 4.69) is 20.2 Å². The van der Waals surface area contributed by atoms with Gasteiger partial charge in [0.05, 0.1) is 17.6 Å². The molecular formula is C18H15N5. The molecule has 0 saturated carbocycles. The minimum atomic E-state index is 0.721. The molecule has 0 radical (unpaired) electrons. The molecule has 0 saturated heterocycles. The number of nitrogens with zero attached hydrogens (tertiary/aromatic N) is 4. The van der Waals surface area contributed by atoms with Gasteiger partial charge in [-0.1, -0.05) is 48.5 Å². The number of para-hydroxylation sites is 1. The molecule has 112 valence electrons. The molecule has 0 atom stereocenters. The number of benzene rings is 2. The zero-order chi connectivity index (χ0) is 15.6. The molecule has 2 heterocycles. The Labute approximate surface area is 133 Å². The van der Waals surface area contributed by atoms with E-state index in [1.165, 1.54) is 0 Å². The maximum atomic E-state index is 4.69. The first-order chi connectivity index (χ1) is 11.3. The number of hydrogen-bond acceptors (Lipinski definition) is 3. The highest BCUT2D eigenvalue weighted by Gasteiger charge is 2.13. The number of hydrogen-bond donors (Lipinski definition) is 1. The number of nitrogens with one attached hydrogen (secondary N) is 1. The minimum Gasteiger partial charge on any atom is -0.340 e. The van der Waals surface area contributed by atoms with E-state index in [4.69, 9.17) is 0 Å². The Kier molecular flexibility index (Phi) is 3.24. The standard InChI is InChI=1S/C18H15N5/c1-13-17(14-8-4-2-5-9-14)21-18(20-13)16-12-19-23(22-16)15-10-6-3-7-11-15/h2-12H,1H3,(H,20,21). The van der Waals surface area contributed by atoms with Crippen LogP contribution < -0.4 is 0 Å². The van der Waals surface area contributed by atoms with Crippen molar-refractivity contribution < 1.29 is 0 Å². The molecule has 1 N–H and O–H groups in total. The maximum Gasteiger partial charge on any atom is 0.160 e. The lowest BCUT2D eigenvalue weighted by Crippen LogP contribution is -1.98. The summed E-state index contributed by atoms with van der Waals surface area (Å²) in [5.74, 6) is 0.725. The second-order valence-corrected chi connectivity index (χ2v) is 5.28. The van der Waals surface area contributed by atoms with Gasteiger partial charge in [-0.05, 0) is 19.1 Å². The van der Waals surface area contributed by atoms with Gasteiger partial charge in [0, 0.05) is 11.3 Å². The molecule has 2 aromatic heterocycles. The monoisotopic (exact) mass is 301 g/mol. The van der Waals surface area contributed by atoms with E-state index in [9.17, 15) is 0 Å². The first kappa shape index (κ1) is 13.5. The van der Waals surface area contributed by atoms with E-state index < -0.39 is 0 Å². The van der Waals surface area contributed by atoms with Gasteiger partial charge in [-0.25, -0.2) is 4.98 Å². The Morgan fingerprint density at radius 1 is 0.913 bits per heavy atom. The zero-order valence-corrected chi connectivity index (χ0v) is 12.6. The highest BCUT2D eigenvalue weighted by molar-refractivity contribution is 5.65.